The summed E-state index contributed by atoms with van der Waals surface area (Å²) < 4.78 is 33.6. The summed E-state index contributed by atoms with van der Waals surface area (Å²) in [6.45, 7) is 8.86. The predicted octanol–water partition coefficient (Wildman–Crippen LogP) is 2.74. The summed E-state index contributed by atoms with van der Waals surface area (Å²) in [7, 11) is -2.19. The van der Waals surface area contributed by atoms with Crippen LogP contribution in [0.25, 0.3) is 11.0 Å². The summed E-state index contributed by atoms with van der Waals surface area (Å²) in [5, 5.41) is 0.263. The third kappa shape index (κ3) is 3.89. The van der Waals surface area contributed by atoms with E-state index in [1.165, 1.54) is 23.2 Å². The van der Waals surface area contributed by atoms with Crippen molar-refractivity contribution in [3.05, 3.63) is 18.2 Å². The number of carbonyl (C=O) groups is 1. The molecule has 0 fully saturated rings. The lowest BCUT2D eigenvalue weighted by atomic mass is 10.3. The van der Waals surface area contributed by atoms with E-state index >= 15 is 0 Å². The molecular formula is C17H25N3O4S2. The van der Waals surface area contributed by atoms with Crippen LogP contribution in [0.1, 0.15) is 27.7 Å². The Morgan fingerprint density at radius 1 is 1.31 bits per heavy atom. The molecular weight excluding hydrogens is 374 g/mol. The van der Waals surface area contributed by atoms with Crippen molar-refractivity contribution in [3.63, 3.8) is 0 Å². The molecule has 0 spiro atoms. The number of thioether (sulfide) groups is 1. The van der Waals surface area contributed by atoms with Gasteiger partial charge in [-0.15, -0.1) is 0 Å². The lowest BCUT2D eigenvalue weighted by molar-refractivity contribution is -0.139. The number of aryl methyl sites for hydroxylation is 1. The van der Waals surface area contributed by atoms with Crippen molar-refractivity contribution < 1.29 is 17.9 Å². The fraction of sp³-hybridized carbons (Fsp3) is 0.529. The van der Waals surface area contributed by atoms with Gasteiger partial charge in [0.25, 0.3) is 0 Å². The molecule has 144 valence electrons. The number of ether oxygens (including phenoxy) is 1. The molecule has 0 amide bonds. The molecule has 0 aliphatic carbocycles. The van der Waals surface area contributed by atoms with E-state index in [4.69, 9.17) is 4.74 Å². The molecule has 0 aliphatic rings. The minimum Gasteiger partial charge on any atom is -0.468 e. The number of imidazole rings is 1. The number of hydrogen-bond donors (Lipinski definition) is 0. The van der Waals surface area contributed by atoms with Crippen molar-refractivity contribution in [2.24, 2.45) is 0 Å². The summed E-state index contributed by atoms with van der Waals surface area (Å²) >= 11 is 1.30. The topological polar surface area (TPSA) is 81.5 Å². The number of aromatic nitrogens is 2. The van der Waals surface area contributed by atoms with Gasteiger partial charge in [0.2, 0.25) is 10.0 Å². The summed E-state index contributed by atoms with van der Waals surface area (Å²) in [6.07, 6.45) is 0. The molecule has 1 heterocycles. The van der Waals surface area contributed by atoms with Gasteiger partial charge in [0.1, 0.15) is 5.25 Å². The highest BCUT2D eigenvalue weighted by Gasteiger charge is 2.24. The van der Waals surface area contributed by atoms with Crippen molar-refractivity contribution in [2.45, 2.75) is 49.5 Å². The second-order valence-electron chi connectivity index (χ2n) is 5.66. The fourth-order valence-electron chi connectivity index (χ4n) is 2.73. The molecule has 0 saturated carbocycles. The first-order chi connectivity index (χ1) is 12.3. The van der Waals surface area contributed by atoms with E-state index in [9.17, 15) is 13.2 Å². The van der Waals surface area contributed by atoms with Gasteiger partial charge in [0.15, 0.2) is 5.16 Å². The summed E-state index contributed by atoms with van der Waals surface area (Å²) in [4.78, 5) is 16.5. The monoisotopic (exact) mass is 399 g/mol. The van der Waals surface area contributed by atoms with Crippen molar-refractivity contribution in [3.8, 4) is 0 Å². The number of nitrogens with zero attached hydrogens (tertiary/aromatic N) is 3. The van der Waals surface area contributed by atoms with E-state index in [1.807, 2.05) is 25.3 Å². The van der Waals surface area contributed by atoms with E-state index < -0.39 is 15.3 Å². The van der Waals surface area contributed by atoms with Crippen LogP contribution in [0.5, 0.6) is 0 Å². The van der Waals surface area contributed by atoms with Crippen LogP contribution >= 0.6 is 11.8 Å². The smallest absolute Gasteiger partial charge is 0.318 e. The molecule has 1 aromatic heterocycles. The first kappa shape index (κ1) is 20.7. The lowest BCUT2D eigenvalue weighted by Crippen LogP contribution is -2.30. The highest BCUT2D eigenvalue weighted by Crippen LogP contribution is 2.29. The molecule has 0 N–H and O–H groups in total. The zero-order valence-corrected chi connectivity index (χ0v) is 17.4. The van der Waals surface area contributed by atoms with E-state index in [0.717, 1.165) is 5.52 Å². The van der Waals surface area contributed by atoms with Gasteiger partial charge >= 0.3 is 5.97 Å². The van der Waals surface area contributed by atoms with Crippen LogP contribution in [-0.2, 0) is 26.1 Å². The van der Waals surface area contributed by atoms with Crippen molar-refractivity contribution >= 4 is 38.8 Å². The van der Waals surface area contributed by atoms with Gasteiger partial charge in [0, 0.05) is 19.6 Å². The maximum Gasteiger partial charge on any atom is 0.318 e. The minimum atomic E-state index is -3.54. The normalized spacial score (nSPS) is 13.3. The molecule has 0 bridgehead atoms. The largest absolute Gasteiger partial charge is 0.468 e. The zero-order valence-electron chi connectivity index (χ0n) is 15.7. The Hall–Kier alpha value is -1.58. The highest BCUT2D eigenvalue weighted by molar-refractivity contribution is 8.00. The second-order valence-corrected chi connectivity index (χ2v) is 8.91. The van der Waals surface area contributed by atoms with Crippen LogP contribution in [-0.4, -0.2) is 53.7 Å². The fourth-order valence-corrected chi connectivity index (χ4v) is 5.22. The Bertz CT molecular complexity index is 889. The van der Waals surface area contributed by atoms with E-state index in [1.54, 1.807) is 25.1 Å². The molecule has 2 aromatic rings. The predicted molar refractivity (Wildman–Crippen MR) is 103 cm³/mol. The van der Waals surface area contributed by atoms with Crippen LogP contribution in [0, 0.1) is 0 Å². The van der Waals surface area contributed by atoms with Gasteiger partial charge in [-0.3, -0.25) is 4.79 Å². The minimum absolute atomic E-state index is 0.229. The molecule has 1 aromatic carbocycles. The molecule has 0 saturated heterocycles. The quantitative estimate of drug-likeness (QED) is 0.501. The molecule has 26 heavy (non-hydrogen) atoms. The van der Waals surface area contributed by atoms with Crippen LogP contribution in [0.4, 0.5) is 0 Å². The van der Waals surface area contributed by atoms with Gasteiger partial charge in [-0.2, -0.15) is 4.31 Å². The Kier molecular flexibility index (Phi) is 6.70. The van der Waals surface area contributed by atoms with Crippen molar-refractivity contribution in [2.75, 3.05) is 20.2 Å². The number of fused-ring (bicyclic) bond motifs is 1. The number of hydrogen-bond acceptors (Lipinski definition) is 6. The van der Waals surface area contributed by atoms with Gasteiger partial charge < -0.3 is 9.30 Å². The van der Waals surface area contributed by atoms with Gasteiger partial charge in [-0.05, 0) is 32.0 Å². The number of esters is 1. The molecule has 9 heteroatoms. The number of rotatable bonds is 8. The molecule has 7 nitrogen and oxygen atoms in total. The average Bonchev–Trinajstić information content (AvgIpc) is 2.97. The number of methoxy groups -OCH3 is 1. The van der Waals surface area contributed by atoms with E-state index in [0.29, 0.717) is 30.3 Å². The molecule has 0 radical (unpaired) electrons. The second kappa shape index (κ2) is 8.41. The summed E-state index contributed by atoms with van der Waals surface area (Å²) in [5.74, 6) is -0.325. The Balaban J connectivity index is 2.49. The van der Waals surface area contributed by atoms with Crippen molar-refractivity contribution in [1.82, 2.24) is 13.9 Å². The SMILES string of the molecule is CCN(CC)S(=O)(=O)c1ccc2c(c1)nc(S[C@@H](C)C(=O)OC)n2CC. The molecule has 0 unspecified atom stereocenters. The molecule has 1 atom stereocenters. The standard InChI is InChI=1S/C17H25N3O4S2/c1-6-19(7-2)26(22,23)13-9-10-15-14(11-13)18-17(20(15)8-3)25-12(4)16(21)24-5/h9-12H,6-8H2,1-5H3/t12-/m0/s1. The van der Waals surface area contributed by atoms with Crippen LogP contribution < -0.4 is 0 Å². The Morgan fingerprint density at radius 2 is 1.96 bits per heavy atom. The average molecular weight is 400 g/mol. The van der Waals surface area contributed by atoms with Gasteiger partial charge in [0.05, 0.1) is 23.0 Å². The van der Waals surface area contributed by atoms with E-state index in [-0.39, 0.29) is 10.9 Å². The van der Waals surface area contributed by atoms with Crippen LogP contribution in [0.2, 0.25) is 0 Å². The summed E-state index contributed by atoms with van der Waals surface area (Å²) in [5.41, 5.74) is 1.44. The Morgan fingerprint density at radius 3 is 2.50 bits per heavy atom. The van der Waals surface area contributed by atoms with Crippen molar-refractivity contribution in [1.29, 1.82) is 0 Å². The highest BCUT2D eigenvalue weighted by atomic mass is 32.2. The number of carbonyl (C=O) groups excluding carboxylic acids is 1. The van der Waals surface area contributed by atoms with Gasteiger partial charge in [-0.1, -0.05) is 25.6 Å². The molecule has 0 aliphatic heterocycles. The first-order valence-electron chi connectivity index (χ1n) is 8.54. The Labute approximate surface area is 158 Å². The van der Waals surface area contributed by atoms with Gasteiger partial charge in [-0.25, -0.2) is 13.4 Å². The van der Waals surface area contributed by atoms with Crippen LogP contribution in [0.3, 0.4) is 0 Å². The number of benzene rings is 1. The van der Waals surface area contributed by atoms with Crippen LogP contribution in [0.15, 0.2) is 28.3 Å². The summed E-state index contributed by atoms with van der Waals surface area (Å²) in [6, 6.07) is 4.99. The molecule has 2 rings (SSSR count). The zero-order chi connectivity index (χ0) is 19.5. The lowest BCUT2D eigenvalue weighted by Gasteiger charge is -2.18. The first-order valence-corrected chi connectivity index (χ1v) is 10.9. The third-order valence-electron chi connectivity index (χ3n) is 4.16. The third-order valence-corrected chi connectivity index (χ3v) is 7.27. The maximum absolute atomic E-state index is 12.7. The van der Waals surface area contributed by atoms with E-state index in [2.05, 4.69) is 4.98 Å². The maximum atomic E-state index is 12.7. The number of sulfonamides is 1.